The van der Waals surface area contributed by atoms with Gasteiger partial charge in [0.15, 0.2) is 0 Å². The third kappa shape index (κ3) is 4.25. The van der Waals surface area contributed by atoms with Gasteiger partial charge in [-0.1, -0.05) is 42.5 Å². The Morgan fingerprint density at radius 2 is 1.85 bits per heavy atom. The highest BCUT2D eigenvalue weighted by Gasteiger charge is 2.33. The minimum absolute atomic E-state index is 0.294. The molecule has 0 aliphatic carbocycles. The molecule has 26 heavy (non-hydrogen) atoms. The first-order valence-electron chi connectivity index (χ1n) is 8.31. The zero-order valence-corrected chi connectivity index (χ0v) is 14.1. The van der Waals surface area contributed by atoms with E-state index in [0.717, 1.165) is 11.1 Å². The van der Waals surface area contributed by atoms with Crippen LogP contribution in [0.2, 0.25) is 0 Å². The maximum atomic E-state index is 13.2. The molecule has 2 aromatic rings. The van der Waals surface area contributed by atoms with Gasteiger partial charge in [-0.25, -0.2) is 9.18 Å². The Bertz CT molecular complexity index is 767. The predicted octanol–water partition coefficient (Wildman–Crippen LogP) is 2.14. The molecule has 0 spiro atoms. The zero-order chi connectivity index (χ0) is 18.5. The number of morpholine rings is 1. The molecule has 1 fully saturated rings. The van der Waals surface area contributed by atoms with E-state index >= 15 is 0 Å². The first-order chi connectivity index (χ1) is 12.5. The Kier molecular flexibility index (Phi) is 5.60. The summed E-state index contributed by atoms with van der Waals surface area (Å²) in [6.07, 6.45) is -0.294. The van der Waals surface area contributed by atoms with Crippen molar-refractivity contribution in [3.05, 3.63) is 71.5 Å². The smallest absolute Gasteiger partial charge is 0.318 e. The summed E-state index contributed by atoms with van der Waals surface area (Å²) >= 11 is 0. The number of imide groups is 1. The molecular weight excluding hydrogens is 337 g/mol. The summed E-state index contributed by atoms with van der Waals surface area (Å²) in [7, 11) is 0. The minimum Gasteiger partial charge on any atom is -0.371 e. The molecular formula is C19H20FN3O3. The summed E-state index contributed by atoms with van der Waals surface area (Å²) in [6.45, 7) is 1.36. The van der Waals surface area contributed by atoms with Gasteiger partial charge in [0, 0.05) is 13.1 Å². The number of hydrogen-bond donors (Lipinski definition) is 2. The Balaban J connectivity index is 1.84. The molecule has 7 heteroatoms. The molecule has 3 N–H and O–H groups in total. The molecule has 2 atom stereocenters. The second kappa shape index (κ2) is 8.07. The summed E-state index contributed by atoms with van der Waals surface area (Å²) in [5.41, 5.74) is 6.71. The zero-order valence-electron chi connectivity index (χ0n) is 14.1. The van der Waals surface area contributed by atoms with E-state index in [-0.39, 0.29) is 11.9 Å². The van der Waals surface area contributed by atoms with E-state index in [9.17, 15) is 14.0 Å². The number of benzene rings is 2. The number of amides is 3. The quantitative estimate of drug-likeness (QED) is 0.878. The fraction of sp³-hybridized carbons (Fsp3) is 0.263. The largest absolute Gasteiger partial charge is 0.371 e. The number of rotatable bonds is 4. The molecule has 0 saturated carbocycles. The Morgan fingerprint density at radius 3 is 2.50 bits per heavy atom. The van der Waals surface area contributed by atoms with Crippen molar-refractivity contribution in [2.75, 3.05) is 19.7 Å². The lowest BCUT2D eigenvalue weighted by atomic mass is 10.0. The number of primary amides is 1. The lowest BCUT2D eigenvalue weighted by Gasteiger charge is -2.37. The molecule has 0 radical (unpaired) electrons. The van der Waals surface area contributed by atoms with Gasteiger partial charge in [0.2, 0.25) is 5.91 Å². The second-order valence-corrected chi connectivity index (χ2v) is 6.07. The number of urea groups is 1. The standard InChI is InChI=1S/C19H20FN3O3/c20-15-8-6-13(7-9-15)16-12-23(10-11-26-16)17(18(24)22-19(21)25)14-4-2-1-3-5-14/h1-9,16-17H,10-12H2,(H3,21,22,24,25)/t16-,17+/m1/s1. The Morgan fingerprint density at radius 1 is 1.15 bits per heavy atom. The number of halogens is 1. The van der Waals surface area contributed by atoms with Crippen molar-refractivity contribution in [3.8, 4) is 0 Å². The van der Waals surface area contributed by atoms with Gasteiger partial charge in [0.25, 0.3) is 0 Å². The van der Waals surface area contributed by atoms with Crippen LogP contribution in [0.4, 0.5) is 9.18 Å². The Labute approximate surface area is 150 Å². The fourth-order valence-electron chi connectivity index (χ4n) is 3.14. The normalized spacial score (nSPS) is 18.9. The molecule has 3 rings (SSSR count). The number of carbonyl (C=O) groups excluding carboxylic acids is 2. The van der Waals surface area contributed by atoms with Crippen LogP contribution in [0.25, 0.3) is 0 Å². The monoisotopic (exact) mass is 357 g/mol. The number of hydrogen-bond acceptors (Lipinski definition) is 4. The fourth-order valence-corrected chi connectivity index (χ4v) is 3.14. The summed E-state index contributed by atoms with van der Waals surface area (Å²) in [4.78, 5) is 25.7. The van der Waals surface area contributed by atoms with Crippen LogP contribution in [0.5, 0.6) is 0 Å². The van der Waals surface area contributed by atoms with Gasteiger partial charge in [-0.3, -0.25) is 15.0 Å². The highest BCUT2D eigenvalue weighted by molar-refractivity contribution is 5.96. The summed E-state index contributed by atoms with van der Waals surface area (Å²) in [5.74, 6) is -0.798. The van der Waals surface area contributed by atoms with E-state index in [4.69, 9.17) is 10.5 Å². The van der Waals surface area contributed by atoms with Crippen LogP contribution in [0.1, 0.15) is 23.3 Å². The number of carbonyl (C=O) groups is 2. The number of ether oxygens (including phenoxy) is 1. The van der Waals surface area contributed by atoms with Crippen molar-refractivity contribution in [1.29, 1.82) is 0 Å². The van der Waals surface area contributed by atoms with E-state index in [1.807, 2.05) is 35.2 Å². The molecule has 2 aromatic carbocycles. The number of nitrogens with two attached hydrogens (primary N) is 1. The Hall–Kier alpha value is -2.77. The molecule has 6 nitrogen and oxygen atoms in total. The molecule has 1 saturated heterocycles. The second-order valence-electron chi connectivity index (χ2n) is 6.07. The average molecular weight is 357 g/mol. The molecule has 0 bridgehead atoms. The van der Waals surface area contributed by atoms with Crippen LogP contribution >= 0.6 is 0 Å². The summed E-state index contributed by atoms with van der Waals surface area (Å²) < 4.78 is 19.0. The van der Waals surface area contributed by atoms with E-state index < -0.39 is 18.0 Å². The third-order valence-corrected chi connectivity index (χ3v) is 4.31. The van der Waals surface area contributed by atoms with Gasteiger partial charge < -0.3 is 10.5 Å². The van der Waals surface area contributed by atoms with Gasteiger partial charge in [-0.15, -0.1) is 0 Å². The van der Waals surface area contributed by atoms with Gasteiger partial charge in [-0.05, 0) is 23.3 Å². The van der Waals surface area contributed by atoms with E-state index in [1.165, 1.54) is 12.1 Å². The van der Waals surface area contributed by atoms with E-state index in [1.54, 1.807) is 12.1 Å². The molecule has 1 aliphatic rings. The maximum absolute atomic E-state index is 13.2. The molecule has 136 valence electrons. The van der Waals surface area contributed by atoms with Crippen molar-refractivity contribution in [2.45, 2.75) is 12.1 Å². The van der Waals surface area contributed by atoms with Crippen molar-refractivity contribution < 1.29 is 18.7 Å². The minimum atomic E-state index is -0.890. The van der Waals surface area contributed by atoms with Gasteiger partial charge >= 0.3 is 6.03 Å². The van der Waals surface area contributed by atoms with Crippen LogP contribution in [0.15, 0.2) is 54.6 Å². The summed E-state index contributed by atoms with van der Waals surface area (Å²) in [5, 5.41) is 2.17. The average Bonchev–Trinajstić information content (AvgIpc) is 2.63. The topological polar surface area (TPSA) is 84.7 Å². The van der Waals surface area contributed by atoms with Crippen molar-refractivity contribution >= 4 is 11.9 Å². The molecule has 0 unspecified atom stereocenters. The highest BCUT2D eigenvalue weighted by Crippen LogP contribution is 2.29. The summed E-state index contributed by atoms with van der Waals surface area (Å²) in [6, 6.07) is 13.7. The lowest BCUT2D eigenvalue weighted by Crippen LogP contribution is -2.48. The first-order valence-corrected chi connectivity index (χ1v) is 8.31. The SMILES string of the molecule is NC(=O)NC(=O)[C@H](c1ccccc1)N1CCO[C@@H](c2ccc(F)cc2)C1. The van der Waals surface area contributed by atoms with Crippen molar-refractivity contribution in [2.24, 2.45) is 5.73 Å². The van der Waals surface area contributed by atoms with Crippen LogP contribution in [-0.4, -0.2) is 36.5 Å². The van der Waals surface area contributed by atoms with Crippen LogP contribution < -0.4 is 11.1 Å². The van der Waals surface area contributed by atoms with Crippen molar-refractivity contribution in [3.63, 3.8) is 0 Å². The van der Waals surface area contributed by atoms with Crippen molar-refractivity contribution in [1.82, 2.24) is 10.2 Å². The highest BCUT2D eigenvalue weighted by atomic mass is 19.1. The number of nitrogens with one attached hydrogen (secondary N) is 1. The molecule has 1 aliphatic heterocycles. The predicted molar refractivity (Wildman–Crippen MR) is 93.6 cm³/mol. The van der Waals surface area contributed by atoms with Gasteiger partial charge in [0.1, 0.15) is 11.9 Å². The maximum Gasteiger partial charge on any atom is 0.318 e. The third-order valence-electron chi connectivity index (χ3n) is 4.31. The van der Waals surface area contributed by atoms with Crippen LogP contribution in [0.3, 0.4) is 0 Å². The van der Waals surface area contributed by atoms with Gasteiger partial charge in [-0.2, -0.15) is 0 Å². The number of nitrogens with zero attached hydrogens (tertiary/aromatic N) is 1. The van der Waals surface area contributed by atoms with Gasteiger partial charge in [0.05, 0.1) is 12.7 Å². The first kappa shape index (κ1) is 18.0. The lowest BCUT2D eigenvalue weighted by molar-refractivity contribution is -0.129. The van der Waals surface area contributed by atoms with E-state index in [2.05, 4.69) is 5.32 Å². The van der Waals surface area contributed by atoms with E-state index in [0.29, 0.717) is 19.7 Å². The van der Waals surface area contributed by atoms with Crippen LogP contribution in [0, 0.1) is 5.82 Å². The molecule has 1 heterocycles. The van der Waals surface area contributed by atoms with Crippen LogP contribution in [-0.2, 0) is 9.53 Å². The molecule has 0 aromatic heterocycles. The molecule has 3 amide bonds.